The molecule has 6 heteroatoms. The Labute approximate surface area is 138 Å². The number of aryl methyl sites for hydroxylation is 1. The van der Waals surface area contributed by atoms with Crippen LogP contribution >= 0.6 is 0 Å². The molecular formula is C17H23NO4S. The third kappa shape index (κ3) is 5.08. The van der Waals surface area contributed by atoms with E-state index in [2.05, 4.69) is 5.92 Å². The molecule has 0 saturated heterocycles. The molecule has 0 aliphatic heterocycles. The van der Waals surface area contributed by atoms with Gasteiger partial charge in [-0.05, 0) is 38.8 Å². The van der Waals surface area contributed by atoms with E-state index in [1.807, 2.05) is 6.92 Å². The Kier molecular flexibility index (Phi) is 7.27. The first-order chi connectivity index (χ1) is 10.8. The van der Waals surface area contributed by atoms with Crippen LogP contribution in [0.5, 0.6) is 0 Å². The minimum absolute atomic E-state index is 0.163. The number of carbonyl (C=O) groups excluding carboxylic acids is 1. The van der Waals surface area contributed by atoms with E-state index in [4.69, 9.17) is 11.2 Å². The number of esters is 1. The minimum atomic E-state index is -3.78. The Balaban J connectivity index is 3.08. The van der Waals surface area contributed by atoms with Gasteiger partial charge in [0.2, 0.25) is 10.0 Å². The topological polar surface area (TPSA) is 63.7 Å². The van der Waals surface area contributed by atoms with Gasteiger partial charge in [0, 0.05) is 13.0 Å². The summed E-state index contributed by atoms with van der Waals surface area (Å²) < 4.78 is 31.6. The van der Waals surface area contributed by atoms with Gasteiger partial charge >= 0.3 is 5.97 Å². The highest BCUT2D eigenvalue weighted by Gasteiger charge is 2.33. The predicted octanol–water partition coefficient (Wildman–Crippen LogP) is 2.35. The molecule has 5 nitrogen and oxygen atoms in total. The zero-order chi connectivity index (χ0) is 17.5. The van der Waals surface area contributed by atoms with Crippen molar-refractivity contribution in [3.8, 4) is 12.3 Å². The Morgan fingerprint density at radius 1 is 1.30 bits per heavy atom. The number of methoxy groups -OCH3 is 1. The van der Waals surface area contributed by atoms with Crippen LogP contribution in [0, 0.1) is 19.3 Å². The van der Waals surface area contributed by atoms with E-state index in [1.54, 1.807) is 24.3 Å². The molecular weight excluding hydrogens is 314 g/mol. The van der Waals surface area contributed by atoms with E-state index in [1.165, 1.54) is 18.3 Å². The van der Waals surface area contributed by atoms with E-state index in [-0.39, 0.29) is 11.4 Å². The lowest BCUT2D eigenvalue weighted by Gasteiger charge is -2.26. The van der Waals surface area contributed by atoms with Gasteiger partial charge in [0.25, 0.3) is 0 Å². The van der Waals surface area contributed by atoms with Gasteiger partial charge < -0.3 is 4.74 Å². The van der Waals surface area contributed by atoms with Crippen LogP contribution in [0.4, 0.5) is 0 Å². The van der Waals surface area contributed by atoms with Crippen molar-refractivity contribution in [2.45, 2.75) is 44.0 Å². The van der Waals surface area contributed by atoms with Crippen LogP contribution in [0.25, 0.3) is 0 Å². The summed E-state index contributed by atoms with van der Waals surface area (Å²) in [6.07, 6.45) is 7.06. The van der Waals surface area contributed by atoms with Gasteiger partial charge in [-0.3, -0.25) is 4.79 Å². The van der Waals surface area contributed by atoms with Crippen molar-refractivity contribution in [2.24, 2.45) is 0 Å². The Morgan fingerprint density at radius 3 is 2.43 bits per heavy atom. The van der Waals surface area contributed by atoms with Crippen molar-refractivity contribution in [1.82, 2.24) is 4.31 Å². The van der Waals surface area contributed by atoms with Crippen molar-refractivity contribution in [2.75, 3.05) is 13.7 Å². The van der Waals surface area contributed by atoms with E-state index in [0.29, 0.717) is 19.3 Å². The first-order valence-electron chi connectivity index (χ1n) is 7.44. The summed E-state index contributed by atoms with van der Waals surface area (Å²) in [6, 6.07) is 5.65. The van der Waals surface area contributed by atoms with Crippen LogP contribution in [0.3, 0.4) is 0 Å². The highest BCUT2D eigenvalue weighted by Crippen LogP contribution is 2.20. The molecule has 0 fully saturated rings. The largest absolute Gasteiger partial charge is 0.468 e. The zero-order valence-corrected chi connectivity index (χ0v) is 14.6. The molecule has 0 spiro atoms. The van der Waals surface area contributed by atoms with E-state index in [0.717, 1.165) is 5.56 Å². The lowest BCUT2D eigenvalue weighted by Crippen LogP contribution is -2.44. The molecule has 0 saturated carbocycles. The van der Waals surface area contributed by atoms with E-state index >= 15 is 0 Å². The fourth-order valence-corrected chi connectivity index (χ4v) is 3.77. The van der Waals surface area contributed by atoms with Crippen LogP contribution in [-0.2, 0) is 19.6 Å². The second-order valence-electron chi connectivity index (χ2n) is 5.29. The molecule has 1 rings (SSSR count). The molecule has 0 bridgehead atoms. The summed E-state index contributed by atoms with van der Waals surface area (Å²) in [6.45, 7) is 3.62. The van der Waals surface area contributed by atoms with Crippen molar-refractivity contribution in [3.05, 3.63) is 29.8 Å². The average Bonchev–Trinajstić information content (AvgIpc) is 2.53. The van der Waals surface area contributed by atoms with Crippen molar-refractivity contribution in [3.63, 3.8) is 0 Å². The quantitative estimate of drug-likeness (QED) is 0.415. The number of hydrogen-bond donors (Lipinski definition) is 0. The first-order valence-corrected chi connectivity index (χ1v) is 8.88. The van der Waals surface area contributed by atoms with E-state index in [9.17, 15) is 13.2 Å². The Bertz CT molecular complexity index is 659. The maximum absolute atomic E-state index is 12.8. The summed E-state index contributed by atoms with van der Waals surface area (Å²) in [7, 11) is -2.53. The van der Waals surface area contributed by atoms with E-state index < -0.39 is 22.0 Å². The Morgan fingerprint density at radius 2 is 1.91 bits per heavy atom. The fourth-order valence-electron chi connectivity index (χ4n) is 2.15. The highest BCUT2D eigenvalue weighted by atomic mass is 32.2. The highest BCUT2D eigenvalue weighted by molar-refractivity contribution is 7.89. The third-order valence-corrected chi connectivity index (χ3v) is 5.54. The molecule has 0 aliphatic rings. The molecule has 0 aliphatic carbocycles. The molecule has 0 N–H and O–H groups in total. The molecule has 0 aromatic heterocycles. The number of benzene rings is 1. The lowest BCUT2D eigenvalue weighted by atomic mass is 10.2. The van der Waals surface area contributed by atoms with Gasteiger partial charge in [0.1, 0.15) is 6.04 Å². The number of unbranched alkanes of at least 4 members (excludes halogenated alkanes) is 2. The number of ether oxygens (including phenoxy) is 1. The van der Waals surface area contributed by atoms with Gasteiger partial charge in [0.05, 0.1) is 12.0 Å². The minimum Gasteiger partial charge on any atom is -0.468 e. The van der Waals surface area contributed by atoms with Crippen LogP contribution in [0.1, 0.15) is 31.7 Å². The SMILES string of the molecule is C#CCCCCN(C(C)C(=O)OC)S(=O)(=O)c1ccc(C)cc1. The second kappa shape index (κ2) is 8.70. The molecule has 0 amide bonds. The molecule has 126 valence electrons. The monoisotopic (exact) mass is 337 g/mol. The standard InChI is InChI=1S/C17H23NO4S/c1-5-6-7-8-13-18(15(3)17(19)22-4)23(20,21)16-11-9-14(2)10-12-16/h1,9-12,15H,6-8,13H2,2-4H3. The molecule has 1 atom stereocenters. The predicted molar refractivity (Wildman–Crippen MR) is 89.2 cm³/mol. The van der Waals surface area contributed by atoms with Crippen molar-refractivity contribution in [1.29, 1.82) is 0 Å². The molecule has 23 heavy (non-hydrogen) atoms. The summed E-state index contributed by atoms with van der Waals surface area (Å²) in [5.41, 5.74) is 0.963. The molecule has 1 aromatic carbocycles. The number of sulfonamides is 1. The number of hydrogen-bond acceptors (Lipinski definition) is 4. The van der Waals surface area contributed by atoms with Gasteiger partial charge in [-0.15, -0.1) is 12.3 Å². The number of carbonyl (C=O) groups is 1. The summed E-state index contributed by atoms with van der Waals surface area (Å²) in [4.78, 5) is 12.0. The summed E-state index contributed by atoms with van der Waals surface area (Å²) in [5, 5.41) is 0. The summed E-state index contributed by atoms with van der Waals surface area (Å²) in [5.74, 6) is 1.94. The van der Waals surface area contributed by atoms with Gasteiger partial charge in [0.15, 0.2) is 0 Å². The second-order valence-corrected chi connectivity index (χ2v) is 7.18. The van der Waals surface area contributed by atoms with Crippen LogP contribution in [0.2, 0.25) is 0 Å². The number of terminal acetylenes is 1. The van der Waals surface area contributed by atoms with Gasteiger partial charge in [-0.1, -0.05) is 17.7 Å². The van der Waals surface area contributed by atoms with Crippen LogP contribution in [0.15, 0.2) is 29.2 Å². The maximum atomic E-state index is 12.8. The maximum Gasteiger partial charge on any atom is 0.323 e. The van der Waals surface area contributed by atoms with Crippen molar-refractivity contribution >= 4 is 16.0 Å². The molecule has 0 heterocycles. The molecule has 1 unspecified atom stereocenters. The first kappa shape index (κ1) is 19.2. The normalized spacial score (nSPS) is 12.7. The van der Waals surface area contributed by atoms with Gasteiger partial charge in [-0.2, -0.15) is 4.31 Å². The fraction of sp³-hybridized carbons (Fsp3) is 0.471. The zero-order valence-electron chi connectivity index (χ0n) is 13.8. The third-order valence-electron chi connectivity index (χ3n) is 3.55. The smallest absolute Gasteiger partial charge is 0.323 e. The van der Waals surface area contributed by atoms with Crippen molar-refractivity contribution < 1.29 is 17.9 Å². The molecule has 1 aromatic rings. The lowest BCUT2D eigenvalue weighted by molar-refractivity contribution is -0.144. The number of nitrogens with zero attached hydrogens (tertiary/aromatic N) is 1. The molecule has 0 radical (unpaired) electrons. The average molecular weight is 337 g/mol. The van der Waals surface area contributed by atoms with Crippen LogP contribution in [-0.4, -0.2) is 38.4 Å². The van der Waals surface area contributed by atoms with Gasteiger partial charge in [-0.25, -0.2) is 8.42 Å². The summed E-state index contributed by atoms with van der Waals surface area (Å²) >= 11 is 0. The number of rotatable bonds is 8. The van der Waals surface area contributed by atoms with Crippen LogP contribution < -0.4 is 0 Å². The Hall–Kier alpha value is -1.84.